The van der Waals surface area contributed by atoms with Crippen LogP contribution in [0.1, 0.15) is 50.0 Å². The smallest absolute Gasteiger partial charge is 0.329 e. The number of rotatable bonds is 7. The van der Waals surface area contributed by atoms with Gasteiger partial charge in [-0.25, -0.2) is 9.78 Å². The van der Waals surface area contributed by atoms with E-state index in [1.807, 2.05) is 31.2 Å². The van der Waals surface area contributed by atoms with Crippen LogP contribution in [0.5, 0.6) is 5.75 Å². The van der Waals surface area contributed by atoms with E-state index in [1.54, 1.807) is 0 Å². The molecule has 0 aliphatic rings. The van der Waals surface area contributed by atoms with Crippen molar-refractivity contribution in [3.05, 3.63) is 68.5 Å². The second kappa shape index (κ2) is 9.16. The summed E-state index contributed by atoms with van der Waals surface area (Å²) in [6.45, 7) is 9.40. The topological polar surface area (TPSA) is 106 Å². The van der Waals surface area contributed by atoms with Gasteiger partial charge in [-0.1, -0.05) is 39.8 Å². The largest absolute Gasteiger partial charge is 0.492 e. The fourth-order valence-electron chi connectivity index (χ4n) is 3.21. The van der Waals surface area contributed by atoms with Crippen molar-refractivity contribution in [3.63, 3.8) is 0 Å². The summed E-state index contributed by atoms with van der Waals surface area (Å²) < 4.78 is 7.08. The van der Waals surface area contributed by atoms with E-state index in [0.717, 1.165) is 5.75 Å². The first-order chi connectivity index (χ1) is 14.7. The maximum atomic E-state index is 12.5. The molecule has 164 valence electrons. The van der Waals surface area contributed by atoms with Crippen LogP contribution in [-0.4, -0.2) is 33.6 Å². The molecule has 0 spiro atoms. The van der Waals surface area contributed by atoms with Crippen LogP contribution in [0.15, 0.2) is 46.1 Å². The highest BCUT2D eigenvalue weighted by Gasteiger charge is 2.14. The van der Waals surface area contributed by atoms with Gasteiger partial charge in [0.15, 0.2) is 0 Å². The third-order valence-corrected chi connectivity index (χ3v) is 4.92. The summed E-state index contributed by atoms with van der Waals surface area (Å²) in [4.78, 5) is 43.1. The molecule has 2 heterocycles. The summed E-state index contributed by atoms with van der Waals surface area (Å²) in [7, 11) is 0. The zero-order valence-electron chi connectivity index (χ0n) is 18.3. The Bertz CT molecular complexity index is 1190. The van der Waals surface area contributed by atoms with Crippen molar-refractivity contribution in [3.8, 4) is 5.75 Å². The Hall–Kier alpha value is -3.42. The summed E-state index contributed by atoms with van der Waals surface area (Å²) in [6.07, 6.45) is 2.08. The van der Waals surface area contributed by atoms with Crippen LogP contribution in [0.3, 0.4) is 0 Å². The van der Waals surface area contributed by atoms with E-state index in [2.05, 4.69) is 36.1 Å². The molecule has 3 rings (SSSR count). The number of aryl methyl sites for hydroxylation is 1. The van der Waals surface area contributed by atoms with E-state index < -0.39 is 11.2 Å². The van der Waals surface area contributed by atoms with Gasteiger partial charge in [-0.2, -0.15) is 0 Å². The fourth-order valence-corrected chi connectivity index (χ4v) is 3.21. The first kappa shape index (κ1) is 22.3. The van der Waals surface area contributed by atoms with Gasteiger partial charge in [0.1, 0.15) is 18.0 Å². The Morgan fingerprint density at radius 1 is 1.19 bits per heavy atom. The van der Waals surface area contributed by atoms with Crippen molar-refractivity contribution in [2.45, 2.75) is 46.1 Å². The third-order valence-electron chi connectivity index (χ3n) is 4.92. The molecule has 0 atom stereocenters. The molecule has 1 aromatic carbocycles. The number of carbonyl (C=O) groups is 1. The Balaban J connectivity index is 1.63. The van der Waals surface area contributed by atoms with E-state index in [0.29, 0.717) is 26.1 Å². The van der Waals surface area contributed by atoms with E-state index in [1.165, 1.54) is 22.4 Å². The summed E-state index contributed by atoms with van der Waals surface area (Å²) in [6, 6.07) is 9.35. The molecule has 31 heavy (non-hydrogen) atoms. The number of hydrogen-bond donors (Lipinski definition) is 2. The molecule has 2 aromatic heterocycles. The van der Waals surface area contributed by atoms with Crippen molar-refractivity contribution in [2.75, 3.05) is 13.2 Å². The average molecular weight is 425 g/mol. The molecule has 0 aliphatic carbocycles. The quantitative estimate of drug-likeness (QED) is 0.567. The predicted octanol–water partition coefficient (Wildman–Crippen LogP) is 2.60. The zero-order valence-corrected chi connectivity index (χ0v) is 18.3. The fraction of sp³-hybridized carbons (Fsp3) is 0.391. The SMILES string of the molecule is CCCn1c(=O)[nH]c(=O)c2cc(C(=O)NCCOc3ccc(C(C)(C)C)cc3)cnc21. The van der Waals surface area contributed by atoms with Gasteiger partial charge in [0.25, 0.3) is 11.5 Å². The maximum Gasteiger partial charge on any atom is 0.329 e. The summed E-state index contributed by atoms with van der Waals surface area (Å²) in [5.41, 5.74) is 0.751. The van der Waals surface area contributed by atoms with Gasteiger partial charge in [-0.05, 0) is 35.6 Å². The molecular weight excluding hydrogens is 396 g/mol. The van der Waals surface area contributed by atoms with Crippen molar-refractivity contribution in [1.29, 1.82) is 0 Å². The normalized spacial score (nSPS) is 11.5. The Kier molecular flexibility index (Phi) is 6.58. The van der Waals surface area contributed by atoms with Crippen LogP contribution in [0.25, 0.3) is 11.0 Å². The molecule has 3 aromatic rings. The van der Waals surface area contributed by atoms with E-state index >= 15 is 0 Å². The Labute approximate surface area is 180 Å². The number of hydrogen-bond acceptors (Lipinski definition) is 5. The van der Waals surface area contributed by atoms with Crippen molar-refractivity contribution < 1.29 is 9.53 Å². The Morgan fingerprint density at radius 3 is 2.55 bits per heavy atom. The minimum Gasteiger partial charge on any atom is -0.492 e. The minimum absolute atomic E-state index is 0.0766. The number of aromatic nitrogens is 3. The number of amides is 1. The number of aromatic amines is 1. The van der Waals surface area contributed by atoms with Crippen LogP contribution in [-0.2, 0) is 12.0 Å². The lowest BCUT2D eigenvalue weighted by molar-refractivity contribution is 0.0947. The second-order valence-corrected chi connectivity index (χ2v) is 8.38. The summed E-state index contributed by atoms with van der Waals surface area (Å²) in [5.74, 6) is 0.365. The number of ether oxygens (including phenoxy) is 1. The monoisotopic (exact) mass is 424 g/mol. The van der Waals surface area contributed by atoms with Crippen LogP contribution in [0.4, 0.5) is 0 Å². The lowest BCUT2D eigenvalue weighted by Gasteiger charge is -2.19. The lowest BCUT2D eigenvalue weighted by Crippen LogP contribution is -2.32. The highest BCUT2D eigenvalue weighted by Crippen LogP contribution is 2.24. The predicted molar refractivity (Wildman–Crippen MR) is 120 cm³/mol. The number of fused-ring (bicyclic) bond motifs is 1. The zero-order chi connectivity index (χ0) is 22.6. The van der Waals surface area contributed by atoms with Gasteiger partial charge in [0.2, 0.25) is 0 Å². The molecule has 0 bridgehead atoms. The molecule has 8 nitrogen and oxygen atoms in total. The molecule has 0 unspecified atom stereocenters. The molecule has 0 saturated heterocycles. The van der Waals surface area contributed by atoms with Gasteiger partial charge in [-0.3, -0.25) is 19.1 Å². The van der Waals surface area contributed by atoms with Gasteiger partial charge >= 0.3 is 5.69 Å². The number of nitrogens with one attached hydrogen (secondary N) is 2. The van der Waals surface area contributed by atoms with Crippen molar-refractivity contribution in [2.24, 2.45) is 0 Å². The van der Waals surface area contributed by atoms with Crippen LogP contribution in [0, 0.1) is 0 Å². The Morgan fingerprint density at radius 2 is 1.90 bits per heavy atom. The first-order valence-electron chi connectivity index (χ1n) is 10.3. The molecule has 2 N–H and O–H groups in total. The van der Waals surface area contributed by atoms with E-state index in [-0.39, 0.29) is 27.9 Å². The average Bonchev–Trinajstić information content (AvgIpc) is 2.73. The standard InChI is InChI=1S/C23H28N4O4/c1-5-11-27-19-18(21(29)26-22(27)30)13-15(14-25-19)20(28)24-10-12-31-17-8-6-16(7-9-17)23(2,3)4/h6-9,13-14H,5,10-12H2,1-4H3,(H,24,28)(H,26,29,30). The molecule has 1 amide bonds. The number of nitrogens with zero attached hydrogens (tertiary/aromatic N) is 2. The molecule has 0 fully saturated rings. The third kappa shape index (κ3) is 5.20. The number of benzene rings is 1. The highest BCUT2D eigenvalue weighted by atomic mass is 16.5. The van der Waals surface area contributed by atoms with Gasteiger partial charge in [-0.15, -0.1) is 0 Å². The maximum absolute atomic E-state index is 12.5. The van der Waals surface area contributed by atoms with Gasteiger partial charge in [0, 0.05) is 12.7 Å². The van der Waals surface area contributed by atoms with Gasteiger partial charge in [0.05, 0.1) is 17.5 Å². The molecule has 8 heteroatoms. The summed E-state index contributed by atoms with van der Waals surface area (Å²) >= 11 is 0. The van der Waals surface area contributed by atoms with Crippen LogP contribution < -0.4 is 21.3 Å². The minimum atomic E-state index is -0.559. The van der Waals surface area contributed by atoms with Crippen molar-refractivity contribution in [1.82, 2.24) is 19.9 Å². The molecule has 0 aliphatic heterocycles. The molecule has 0 radical (unpaired) electrons. The highest BCUT2D eigenvalue weighted by molar-refractivity contribution is 5.96. The van der Waals surface area contributed by atoms with E-state index in [4.69, 9.17) is 4.74 Å². The van der Waals surface area contributed by atoms with Gasteiger partial charge < -0.3 is 10.1 Å². The number of carbonyl (C=O) groups excluding carboxylic acids is 1. The van der Waals surface area contributed by atoms with E-state index in [9.17, 15) is 14.4 Å². The second-order valence-electron chi connectivity index (χ2n) is 8.38. The van der Waals surface area contributed by atoms with Crippen molar-refractivity contribution >= 4 is 16.9 Å². The molecular formula is C23H28N4O4. The lowest BCUT2D eigenvalue weighted by atomic mass is 9.87. The van der Waals surface area contributed by atoms with Crippen LogP contribution in [0.2, 0.25) is 0 Å². The number of H-pyrrole nitrogens is 1. The summed E-state index contributed by atoms with van der Waals surface area (Å²) in [5, 5.41) is 2.96. The first-order valence-corrected chi connectivity index (χ1v) is 10.3. The van der Waals surface area contributed by atoms with Crippen LogP contribution >= 0.6 is 0 Å². The number of pyridine rings is 1. The molecule has 0 saturated carbocycles.